The van der Waals surface area contributed by atoms with Gasteiger partial charge in [-0.3, -0.25) is 0 Å². The first kappa shape index (κ1) is 44.0. The van der Waals surface area contributed by atoms with E-state index in [9.17, 15) is 0 Å². The number of hydrogen-bond donors (Lipinski definition) is 0. The van der Waals surface area contributed by atoms with Crippen LogP contribution in [0, 0.1) is 0 Å². The summed E-state index contributed by atoms with van der Waals surface area (Å²) in [6.07, 6.45) is 0. The summed E-state index contributed by atoms with van der Waals surface area (Å²) in [5.74, 6) is 0. The maximum atomic E-state index is 2.61. The van der Waals surface area contributed by atoms with Crippen molar-refractivity contribution in [1.29, 1.82) is 0 Å². The Morgan fingerprint density at radius 2 is 0.562 bits per heavy atom. The van der Waals surface area contributed by atoms with Gasteiger partial charge >= 0.3 is 0 Å². The molecule has 0 unspecified atom stereocenters. The second kappa shape index (κ2) is 18.3. The van der Waals surface area contributed by atoms with Gasteiger partial charge in [-0.1, -0.05) is 207 Å². The Hall–Kier alpha value is -9.02. The van der Waals surface area contributed by atoms with E-state index in [0.717, 1.165) is 34.1 Å². The van der Waals surface area contributed by atoms with E-state index in [2.05, 4.69) is 302 Å². The lowest BCUT2D eigenvalue weighted by atomic mass is 9.83. The zero-order valence-corrected chi connectivity index (χ0v) is 42.0. The average Bonchev–Trinajstić information content (AvgIpc) is 3.67. The summed E-state index contributed by atoms with van der Waals surface area (Å²) in [7, 11) is -2.21. The molecule has 0 aromatic heterocycles. The van der Waals surface area contributed by atoms with Gasteiger partial charge in [0.25, 0.3) is 0 Å². The summed E-state index contributed by atoms with van der Waals surface area (Å²) >= 11 is 0. The number of para-hydroxylation sites is 4. The maximum absolute atomic E-state index is 2.61. The van der Waals surface area contributed by atoms with Gasteiger partial charge in [-0.25, -0.2) is 0 Å². The van der Waals surface area contributed by atoms with Crippen LogP contribution >= 0.6 is 0 Å². The molecule has 0 spiro atoms. The highest BCUT2D eigenvalue weighted by atomic mass is 28.3. The highest BCUT2D eigenvalue weighted by Crippen LogP contribution is 2.48. The van der Waals surface area contributed by atoms with Crippen LogP contribution < -0.4 is 20.2 Å². The van der Waals surface area contributed by atoms with Crippen molar-refractivity contribution in [3.8, 4) is 55.6 Å². The zero-order chi connectivity index (χ0) is 48.9. The summed E-state index contributed by atoms with van der Waals surface area (Å²) in [4.78, 5) is 4.69. The molecule has 13 rings (SSSR count). The van der Waals surface area contributed by atoms with Gasteiger partial charge in [-0.2, -0.15) is 0 Å². The number of fused-ring (bicyclic) bond motifs is 5. The van der Waals surface area contributed by atoms with E-state index in [-0.39, 0.29) is 0 Å². The van der Waals surface area contributed by atoms with Crippen molar-refractivity contribution in [1.82, 2.24) is 0 Å². The average molecular weight is 949 g/mol. The summed E-state index contributed by atoms with van der Waals surface area (Å²) < 4.78 is 0. The van der Waals surface area contributed by atoms with Gasteiger partial charge in [-0.05, 0) is 172 Å². The minimum Gasteiger partial charge on any atom is -0.311 e. The molecule has 73 heavy (non-hydrogen) atoms. The number of rotatable bonds is 10. The largest absolute Gasteiger partial charge is 0.311 e. The van der Waals surface area contributed by atoms with E-state index in [1.165, 1.54) is 87.6 Å². The molecule has 12 aromatic rings. The lowest BCUT2D eigenvalue weighted by molar-refractivity contribution is 1.28. The molecule has 12 aromatic carbocycles. The van der Waals surface area contributed by atoms with E-state index in [1.54, 1.807) is 0 Å². The van der Waals surface area contributed by atoms with Crippen molar-refractivity contribution in [2.75, 3.05) is 9.80 Å². The van der Waals surface area contributed by atoms with E-state index in [1.807, 2.05) is 0 Å². The fourth-order valence-electron chi connectivity index (χ4n) is 11.5. The second-order valence-electron chi connectivity index (χ2n) is 19.7. The third-order valence-electron chi connectivity index (χ3n) is 15.0. The molecular weight excluding hydrogens is 897 g/mol. The minimum absolute atomic E-state index is 1.11. The highest BCUT2D eigenvalue weighted by Gasteiger charge is 2.38. The summed E-state index contributed by atoms with van der Waals surface area (Å²) in [5.41, 5.74) is 19.2. The van der Waals surface area contributed by atoms with Crippen LogP contribution in [0.3, 0.4) is 0 Å². The van der Waals surface area contributed by atoms with Crippen molar-refractivity contribution in [3.05, 3.63) is 279 Å². The zero-order valence-electron chi connectivity index (χ0n) is 41.0. The Kier molecular flexibility index (Phi) is 11.0. The van der Waals surface area contributed by atoms with Crippen LogP contribution in [0.5, 0.6) is 0 Å². The van der Waals surface area contributed by atoms with Gasteiger partial charge in [0.2, 0.25) is 0 Å². The predicted molar refractivity (Wildman–Crippen MR) is 315 cm³/mol. The molecule has 3 heteroatoms. The van der Waals surface area contributed by atoms with Crippen molar-refractivity contribution in [2.45, 2.75) is 13.1 Å². The van der Waals surface area contributed by atoms with Gasteiger partial charge in [0.05, 0.1) is 0 Å². The Bertz CT molecular complexity index is 3860. The molecular formula is C70H52N2Si. The Labute approximate surface area is 429 Å². The molecule has 0 amide bonds. The lowest BCUT2D eigenvalue weighted by Crippen LogP contribution is -2.49. The van der Waals surface area contributed by atoms with Crippen LogP contribution in [0.1, 0.15) is 0 Å². The fourth-order valence-corrected chi connectivity index (χ4v) is 14.5. The van der Waals surface area contributed by atoms with Gasteiger partial charge in [0.1, 0.15) is 8.07 Å². The van der Waals surface area contributed by atoms with Gasteiger partial charge in [0, 0.05) is 34.1 Å². The third kappa shape index (κ3) is 7.83. The van der Waals surface area contributed by atoms with E-state index >= 15 is 0 Å². The van der Waals surface area contributed by atoms with Crippen LogP contribution in [0.15, 0.2) is 279 Å². The maximum Gasteiger partial charge on any atom is 0.113 e. The molecule has 0 saturated carbocycles. The van der Waals surface area contributed by atoms with E-state index in [4.69, 9.17) is 0 Å². The van der Waals surface area contributed by atoms with Crippen LogP contribution in [0.2, 0.25) is 13.1 Å². The highest BCUT2D eigenvalue weighted by molar-refractivity contribution is 7.04. The lowest BCUT2D eigenvalue weighted by Gasteiger charge is -2.26. The molecule has 0 fully saturated rings. The molecule has 0 aliphatic carbocycles. The molecule has 0 radical (unpaired) electrons. The van der Waals surface area contributed by atoms with E-state index in [0.29, 0.717) is 0 Å². The van der Waals surface area contributed by atoms with E-state index < -0.39 is 8.07 Å². The molecule has 1 aliphatic heterocycles. The smallest absolute Gasteiger partial charge is 0.113 e. The first-order valence-corrected chi connectivity index (χ1v) is 28.3. The second-order valence-corrected chi connectivity index (χ2v) is 24.0. The van der Waals surface area contributed by atoms with Crippen LogP contribution in [-0.2, 0) is 0 Å². The van der Waals surface area contributed by atoms with Crippen LogP contribution in [0.25, 0.3) is 77.2 Å². The normalized spacial score (nSPS) is 12.4. The summed E-state index contributed by atoms with van der Waals surface area (Å²) in [6, 6.07) is 103. The third-order valence-corrected chi connectivity index (χ3v) is 18.5. The number of nitrogens with zero attached hydrogens (tertiary/aromatic N) is 2. The van der Waals surface area contributed by atoms with Crippen LogP contribution in [0.4, 0.5) is 34.1 Å². The fraction of sp³-hybridized carbons (Fsp3) is 0.0286. The monoisotopic (exact) mass is 948 g/mol. The summed E-state index contributed by atoms with van der Waals surface area (Å²) in [6.45, 7) is 5.10. The molecule has 1 heterocycles. The van der Waals surface area contributed by atoms with Gasteiger partial charge < -0.3 is 9.80 Å². The Balaban J connectivity index is 1.07. The number of benzene rings is 12. The molecule has 0 atom stereocenters. The summed E-state index contributed by atoms with van der Waals surface area (Å²) in [5, 5.41) is 7.98. The SMILES string of the molecule is C[Si]1(C)c2cc(-c3ccccc3)ccc2-c2cc3c(-c4ccc(N(c5ccccc5)c5ccccc5)cc4)c4ccc(-c5ccccc5)cc4c(-c4ccc(N(c5ccccc5)c5ccccc5)cc4)c3cc21. The van der Waals surface area contributed by atoms with Crippen LogP contribution in [-0.4, -0.2) is 8.07 Å². The predicted octanol–water partition coefficient (Wildman–Crippen LogP) is 18.4. The minimum atomic E-state index is -2.21. The molecule has 1 aliphatic rings. The number of anilines is 6. The Morgan fingerprint density at radius 3 is 1.01 bits per heavy atom. The molecule has 0 N–H and O–H groups in total. The van der Waals surface area contributed by atoms with Gasteiger partial charge in [-0.15, -0.1) is 0 Å². The van der Waals surface area contributed by atoms with Crippen molar-refractivity contribution >= 4 is 74.1 Å². The van der Waals surface area contributed by atoms with Crippen molar-refractivity contribution in [2.24, 2.45) is 0 Å². The van der Waals surface area contributed by atoms with Crippen molar-refractivity contribution < 1.29 is 0 Å². The van der Waals surface area contributed by atoms with Gasteiger partial charge in [0.15, 0.2) is 0 Å². The Morgan fingerprint density at radius 1 is 0.233 bits per heavy atom. The molecule has 2 nitrogen and oxygen atoms in total. The standard InChI is InChI=1S/C70H52N2Si/c1-73(2)67-46-54(50-23-11-4-12-24-50)37-43-61(67)63-47-65-66(48-68(63)73)70(52-35-41-60(42-36-52)72(57-29-17-7-18-30-57)58-31-19-8-20-32-58)64-45-53(49-21-9-3-10-22-49)38-44-62(64)69(65)51-33-39-59(40-34-51)71(55-25-13-5-14-26-55)56-27-15-6-16-28-56/h3-48H,1-2H3. The first-order chi connectivity index (χ1) is 36.0. The molecule has 346 valence electrons. The molecule has 0 saturated heterocycles. The molecule has 0 bridgehead atoms. The number of hydrogen-bond acceptors (Lipinski definition) is 2. The topological polar surface area (TPSA) is 6.48 Å². The van der Waals surface area contributed by atoms with Crippen molar-refractivity contribution in [3.63, 3.8) is 0 Å². The quantitative estimate of drug-likeness (QED) is 0.0996. The first-order valence-electron chi connectivity index (χ1n) is 25.3.